The van der Waals surface area contributed by atoms with Crippen LogP contribution in [0.1, 0.15) is 25.0 Å². The third kappa shape index (κ3) is 2.80. The van der Waals surface area contributed by atoms with Gasteiger partial charge in [0, 0.05) is 0 Å². The summed E-state index contributed by atoms with van der Waals surface area (Å²) in [4.78, 5) is 0. The molecule has 0 radical (unpaired) electrons. The Hall–Kier alpha value is -1.39. The average Bonchev–Trinajstić information content (AvgIpc) is 2.44. The molecule has 0 aliphatic heterocycles. The molecule has 0 bridgehead atoms. The van der Waals surface area contributed by atoms with Gasteiger partial charge in [0.05, 0.1) is 0 Å². The highest BCUT2D eigenvalue weighted by atomic mass is 31.0. The van der Waals surface area contributed by atoms with Crippen LogP contribution >= 0.6 is 9.90 Å². The largest absolute Gasteiger partial charge is 0.153 e. The summed E-state index contributed by atoms with van der Waals surface area (Å²) in [7, 11) is 0. The second-order valence-electron chi connectivity index (χ2n) is 4.41. The van der Waals surface area contributed by atoms with Gasteiger partial charge in [-0.15, -0.1) is 0 Å². The summed E-state index contributed by atoms with van der Waals surface area (Å²) in [5.74, 6) is 0. The summed E-state index contributed by atoms with van der Waals surface area (Å²) in [6.45, 7) is 8.37. The standard InChI is InChI=1S/C16H14.C2H6.H3P/c1-11-7-8-12(2)16-14(11)10-9-13-5-3-4-6-15(13)16;1-2;/h3-10H,1-2H3;1-2H3;1H3. The third-order valence-electron chi connectivity index (χ3n) is 3.33. The Morgan fingerprint density at radius 2 is 1.26 bits per heavy atom. The molecule has 3 aromatic rings. The smallest absolute Gasteiger partial charge is 0.00735 e. The van der Waals surface area contributed by atoms with Gasteiger partial charge in [-0.1, -0.05) is 62.4 Å². The van der Waals surface area contributed by atoms with E-state index in [1.165, 1.54) is 32.7 Å². The number of rotatable bonds is 0. The molecule has 0 saturated heterocycles. The van der Waals surface area contributed by atoms with Crippen LogP contribution in [0.15, 0.2) is 48.5 Å². The highest BCUT2D eigenvalue weighted by Crippen LogP contribution is 2.29. The molecule has 0 spiro atoms. The van der Waals surface area contributed by atoms with Gasteiger partial charge >= 0.3 is 0 Å². The lowest BCUT2D eigenvalue weighted by Gasteiger charge is -2.09. The van der Waals surface area contributed by atoms with E-state index in [0.29, 0.717) is 0 Å². The zero-order chi connectivity index (χ0) is 13.1. The molecule has 0 N–H and O–H groups in total. The highest BCUT2D eigenvalue weighted by Gasteiger charge is 2.04. The van der Waals surface area contributed by atoms with E-state index in [9.17, 15) is 0 Å². The van der Waals surface area contributed by atoms with Crippen molar-refractivity contribution in [3.05, 3.63) is 59.7 Å². The fourth-order valence-corrected chi connectivity index (χ4v) is 2.45. The number of hydrogen-bond donors (Lipinski definition) is 0. The minimum atomic E-state index is 0. The molecule has 0 aliphatic carbocycles. The van der Waals surface area contributed by atoms with Crippen molar-refractivity contribution >= 4 is 31.4 Å². The van der Waals surface area contributed by atoms with Crippen LogP contribution in [0.4, 0.5) is 0 Å². The number of fused-ring (bicyclic) bond motifs is 3. The quantitative estimate of drug-likeness (QED) is 0.363. The lowest BCUT2D eigenvalue weighted by atomic mass is 9.95. The van der Waals surface area contributed by atoms with Crippen LogP contribution in [0.25, 0.3) is 21.5 Å². The minimum absolute atomic E-state index is 0. The molecule has 0 aliphatic rings. The van der Waals surface area contributed by atoms with Gasteiger partial charge in [-0.2, -0.15) is 9.90 Å². The van der Waals surface area contributed by atoms with Crippen LogP contribution in [0.5, 0.6) is 0 Å². The molecule has 0 nitrogen and oxygen atoms in total. The predicted octanol–water partition coefficient (Wildman–Crippen LogP) is 5.69. The van der Waals surface area contributed by atoms with E-state index in [0.717, 1.165) is 0 Å². The Labute approximate surface area is 119 Å². The Morgan fingerprint density at radius 3 is 2.00 bits per heavy atom. The van der Waals surface area contributed by atoms with Gasteiger partial charge in [-0.05, 0) is 46.5 Å². The van der Waals surface area contributed by atoms with Crippen LogP contribution in [-0.2, 0) is 0 Å². The summed E-state index contributed by atoms with van der Waals surface area (Å²) in [6, 6.07) is 17.5. The van der Waals surface area contributed by atoms with E-state index in [1.807, 2.05) is 13.8 Å². The molecular weight excluding hydrogens is 247 g/mol. The summed E-state index contributed by atoms with van der Waals surface area (Å²) >= 11 is 0. The van der Waals surface area contributed by atoms with Crippen LogP contribution in [-0.4, -0.2) is 0 Å². The van der Waals surface area contributed by atoms with Gasteiger partial charge in [0.1, 0.15) is 0 Å². The summed E-state index contributed by atoms with van der Waals surface area (Å²) < 4.78 is 0. The number of aryl methyl sites for hydroxylation is 2. The van der Waals surface area contributed by atoms with Crippen molar-refractivity contribution in [3.8, 4) is 0 Å². The Balaban J connectivity index is 0.000000576. The van der Waals surface area contributed by atoms with Crippen molar-refractivity contribution in [1.29, 1.82) is 0 Å². The van der Waals surface area contributed by atoms with E-state index < -0.39 is 0 Å². The first-order chi connectivity index (χ1) is 8.77. The lowest BCUT2D eigenvalue weighted by Crippen LogP contribution is -1.84. The molecule has 3 aromatic carbocycles. The molecule has 3 rings (SSSR count). The number of hydrogen-bond acceptors (Lipinski definition) is 0. The average molecular weight is 270 g/mol. The van der Waals surface area contributed by atoms with Crippen LogP contribution in [0.2, 0.25) is 0 Å². The fourth-order valence-electron chi connectivity index (χ4n) is 2.45. The van der Waals surface area contributed by atoms with Crippen molar-refractivity contribution in [2.45, 2.75) is 27.7 Å². The molecule has 0 saturated carbocycles. The SMILES string of the molecule is CC.Cc1ccc(C)c2c1ccc1ccccc12.P. The van der Waals surface area contributed by atoms with E-state index >= 15 is 0 Å². The predicted molar refractivity (Wildman–Crippen MR) is 93.4 cm³/mol. The van der Waals surface area contributed by atoms with Crippen molar-refractivity contribution in [1.82, 2.24) is 0 Å². The van der Waals surface area contributed by atoms with Gasteiger partial charge in [-0.25, -0.2) is 0 Å². The van der Waals surface area contributed by atoms with Gasteiger partial charge in [-0.3, -0.25) is 0 Å². The first kappa shape index (κ1) is 15.7. The van der Waals surface area contributed by atoms with Gasteiger partial charge in [0.15, 0.2) is 0 Å². The Bertz CT molecular complexity index is 684. The van der Waals surface area contributed by atoms with Crippen LogP contribution < -0.4 is 0 Å². The van der Waals surface area contributed by atoms with Gasteiger partial charge in [0.25, 0.3) is 0 Å². The molecule has 1 atom stereocenters. The monoisotopic (exact) mass is 270 g/mol. The normalized spacial score (nSPS) is 9.68. The minimum Gasteiger partial charge on any atom is -0.153 e. The second kappa shape index (κ2) is 6.68. The molecule has 100 valence electrons. The summed E-state index contributed by atoms with van der Waals surface area (Å²) in [5.41, 5.74) is 2.71. The van der Waals surface area contributed by atoms with Crippen molar-refractivity contribution in [2.75, 3.05) is 0 Å². The molecule has 1 heteroatoms. The zero-order valence-corrected chi connectivity index (χ0v) is 13.7. The molecule has 0 amide bonds. The maximum atomic E-state index is 2.24. The molecule has 19 heavy (non-hydrogen) atoms. The molecule has 0 aromatic heterocycles. The number of benzene rings is 3. The molecule has 0 fully saturated rings. The maximum Gasteiger partial charge on any atom is -0.00735 e. The van der Waals surface area contributed by atoms with E-state index in [1.54, 1.807) is 0 Å². The molecular formula is C18H23P. The first-order valence-corrected chi connectivity index (χ1v) is 6.65. The van der Waals surface area contributed by atoms with E-state index in [-0.39, 0.29) is 9.90 Å². The third-order valence-corrected chi connectivity index (χ3v) is 3.33. The molecule has 0 heterocycles. The van der Waals surface area contributed by atoms with Crippen molar-refractivity contribution in [2.24, 2.45) is 0 Å². The second-order valence-corrected chi connectivity index (χ2v) is 4.41. The first-order valence-electron chi connectivity index (χ1n) is 6.65. The zero-order valence-electron chi connectivity index (χ0n) is 12.3. The Kier molecular flexibility index (Phi) is 5.51. The summed E-state index contributed by atoms with van der Waals surface area (Å²) in [5, 5.41) is 5.46. The van der Waals surface area contributed by atoms with Gasteiger partial charge in [0.2, 0.25) is 0 Å². The van der Waals surface area contributed by atoms with Crippen LogP contribution in [0.3, 0.4) is 0 Å². The van der Waals surface area contributed by atoms with Crippen molar-refractivity contribution in [3.63, 3.8) is 0 Å². The van der Waals surface area contributed by atoms with Crippen molar-refractivity contribution < 1.29 is 0 Å². The topological polar surface area (TPSA) is 0 Å². The van der Waals surface area contributed by atoms with E-state index in [2.05, 4.69) is 62.4 Å². The highest BCUT2D eigenvalue weighted by molar-refractivity contribution is 6.92. The summed E-state index contributed by atoms with van der Waals surface area (Å²) in [6.07, 6.45) is 0. The lowest BCUT2D eigenvalue weighted by molar-refractivity contribution is 1.47. The maximum absolute atomic E-state index is 2.24. The molecule has 1 unspecified atom stereocenters. The van der Waals surface area contributed by atoms with E-state index in [4.69, 9.17) is 0 Å². The van der Waals surface area contributed by atoms with Crippen LogP contribution in [0, 0.1) is 13.8 Å². The van der Waals surface area contributed by atoms with Gasteiger partial charge < -0.3 is 0 Å². The Morgan fingerprint density at radius 1 is 0.632 bits per heavy atom. The fraction of sp³-hybridized carbons (Fsp3) is 0.222.